The van der Waals surface area contributed by atoms with Crippen LogP contribution in [0.3, 0.4) is 0 Å². The number of aliphatic hydroxyl groups excluding tert-OH is 1. The van der Waals surface area contributed by atoms with Crippen molar-refractivity contribution in [3.63, 3.8) is 0 Å². The Hall–Kier alpha value is -2.48. The standard InChI is InChI=1S/C19H27N5O3/c1-11-7-16(21-20-11)8-15-9-23(10-17(15)26)18(27)5-6-24-13(3)19(14(4)25)12(2)22-24/h7,15,17,26H,5-6,8-10H2,1-4H3,(H,20,21)/t15-,17-/m1/s1. The van der Waals surface area contributed by atoms with Crippen molar-refractivity contribution in [2.24, 2.45) is 5.92 Å². The lowest BCUT2D eigenvalue weighted by Gasteiger charge is -2.16. The summed E-state index contributed by atoms with van der Waals surface area (Å²) in [6.07, 6.45) is 0.401. The first-order chi connectivity index (χ1) is 12.8. The number of carbonyl (C=O) groups excluding carboxylic acids is 2. The molecule has 0 aromatic carbocycles. The van der Waals surface area contributed by atoms with E-state index in [0.29, 0.717) is 43.7 Å². The van der Waals surface area contributed by atoms with Gasteiger partial charge in [-0.2, -0.15) is 10.2 Å². The highest BCUT2D eigenvalue weighted by Gasteiger charge is 2.34. The highest BCUT2D eigenvalue weighted by molar-refractivity contribution is 5.96. The van der Waals surface area contributed by atoms with E-state index in [0.717, 1.165) is 17.1 Å². The molecule has 0 bridgehead atoms. The first kappa shape index (κ1) is 19.3. The summed E-state index contributed by atoms with van der Waals surface area (Å²) in [6.45, 7) is 8.43. The molecule has 0 radical (unpaired) electrons. The first-order valence-electron chi connectivity index (χ1n) is 9.28. The van der Waals surface area contributed by atoms with Gasteiger partial charge in [0.15, 0.2) is 5.78 Å². The molecule has 1 aliphatic heterocycles. The fourth-order valence-corrected chi connectivity index (χ4v) is 3.89. The van der Waals surface area contributed by atoms with E-state index < -0.39 is 6.10 Å². The number of ketones is 1. The molecule has 1 amide bonds. The van der Waals surface area contributed by atoms with Gasteiger partial charge in [-0.05, 0) is 40.2 Å². The van der Waals surface area contributed by atoms with Gasteiger partial charge in [0.1, 0.15) is 0 Å². The minimum Gasteiger partial charge on any atom is -0.391 e. The van der Waals surface area contributed by atoms with Gasteiger partial charge in [-0.25, -0.2) is 0 Å². The number of H-pyrrole nitrogens is 1. The van der Waals surface area contributed by atoms with E-state index in [2.05, 4.69) is 15.3 Å². The minimum absolute atomic E-state index is 0.00495. The van der Waals surface area contributed by atoms with Crippen LogP contribution in [0.25, 0.3) is 0 Å². The number of Topliss-reactive ketones (excluding diaryl/α,β-unsaturated/α-hetero) is 1. The van der Waals surface area contributed by atoms with E-state index >= 15 is 0 Å². The number of rotatable bonds is 6. The second-order valence-corrected chi connectivity index (χ2v) is 7.45. The number of aliphatic hydroxyl groups is 1. The van der Waals surface area contributed by atoms with Crippen molar-refractivity contribution < 1.29 is 14.7 Å². The van der Waals surface area contributed by atoms with Gasteiger partial charge >= 0.3 is 0 Å². The van der Waals surface area contributed by atoms with Crippen LogP contribution in [0.2, 0.25) is 0 Å². The zero-order valence-corrected chi connectivity index (χ0v) is 16.3. The maximum absolute atomic E-state index is 12.6. The third kappa shape index (κ3) is 4.10. The molecular formula is C19H27N5O3. The highest BCUT2D eigenvalue weighted by Crippen LogP contribution is 2.22. The van der Waals surface area contributed by atoms with E-state index in [9.17, 15) is 14.7 Å². The van der Waals surface area contributed by atoms with Gasteiger partial charge in [0, 0.05) is 43.4 Å². The quantitative estimate of drug-likeness (QED) is 0.740. The van der Waals surface area contributed by atoms with Gasteiger partial charge in [-0.1, -0.05) is 0 Å². The molecule has 1 saturated heterocycles. The third-order valence-electron chi connectivity index (χ3n) is 5.26. The number of hydrogen-bond donors (Lipinski definition) is 2. The van der Waals surface area contributed by atoms with E-state index in [4.69, 9.17) is 0 Å². The lowest BCUT2D eigenvalue weighted by molar-refractivity contribution is -0.130. The molecule has 0 spiro atoms. The Kier molecular flexibility index (Phi) is 5.46. The third-order valence-corrected chi connectivity index (χ3v) is 5.26. The summed E-state index contributed by atoms with van der Waals surface area (Å²) in [5, 5.41) is 21.8. The molecule has 3 heterocycles. The van der Waals surface area contributed by atoms with Crippen LogP contribution >= 0.6 is 0 Å². The molecule has 0 saturated carbocycles. The van der Waals surface area contributed by atoms with Crippen LogP contribution in [0.1, 0.15) is 46.5 Å². The SMILES string of the molecule is CC(=O)c1c(C)nn(CCC(=O)N2C[C@@H](Cc3cc(C)[nH]n3)[C@H](O)C2)c1C. The Labute approximate surface area is 158 Å². The number of nitrogens with zero attached hydrogens (tertiary/aromatic N) is 4. The molecule has 2 N–H and O–H groups in total. The zero-order valence-electron chi connectivity index (χ0n) is 16.3. The monoisotopic (exact) mass is 373 g/mol. The Morgan fingerprint density at radius 1 is 1.30 bits per heavy atom. The normalized spacial score (nSPS) is 19.7. The molecule has 2 aromatic heterocycles. The van der Waals surface area contributed by atoms with Crippen LogP contribution in [0.5, 0.6) is 0 Å². The summed E-state index contributed by atoms with van der Waals surface area (Å²) in [5.74, 6) is -0.0250. The summed E-state index contributed by atoms with van der Waals surface area (Å²) in [6, 6.07) is 1.96. The first-order valence-corrected chi connectivity index (χ1v) is 9.28. The minimum atomic E-state index is -0.538. The molecule has 27 heavy (non-hydrogen) atoms. The number of likely N-dealkylation sites (tertiary alicyclic amines) is 1. The summed E-state index contributed by atoms with van der Waals surface area (Å²) in [7, 11) is 0. The number of carbonyl (C=O) groups is 2. The largest absolute Gasteiger partial charge is 0.391 e. The highest BCUT2D eigenvalue weighted by atomic mass is 16.3. The molecule has 3 rings (SSSR count). The van der Waals surface area contributed by atoms with Crippen molar-refractivity contribution >= 4 is 11.7 Å². The molecule has 8 nitrogen and oxygen atoms in total. The van der Waals surface area contributed by atoms with Crippen molar-refractivity contribution in [3.8, 4) is 0 Å². The molecule has 1 fully saturated rings. The fraction of sp³-hybridized carbons (Fsp3) is 0.579. The van der Waals surface area contributed by atoms with E-state index in [1.807, 2.05) is 19.9 Å². The van der Waals surface area contributed by atoms with Crippen LogP contribution < -0.4 is 0 Å². The average Bonchev–Trinajstić information content (AvgIpc) is 3.24. The van der Waals surface area contributed by atoms with Gasteiger partial charge in [0.25, 0.3) is 0 Å². The van der Waals surface area contributed by atoms with E-state index in [1.54, 1.807) is 16.5 Å². The summed E-state index contributed by atoms with van der Waals surface area (Å²) in [4.78, 5) is 26.0. The Morgan fingerprint density at radius 3 is 2.63 bits per heavy atom. The van der Waals surface area contributed by atoms with Gasteiger partial charge in [-0.15, -0.1) is 0 Å². The van der Waals surface area contributed by atoms with Gasteiger partial charge in [0.05, 0.1) is 23.1 Å². The fourth-order valence-electron chi connectivity index (χ4n) is 3.89. The maximum atomic E-state index is 12.6. The lowest BCUT2D eigenvalue weighted by atomic mass is 10.0. The van der Waals surface area contributed by atoms with Gasteiger partial charge < -0.3 is 10.0 Å². The predicted octanol–water partition coefficient (Wildman–Crippen LogP) is 1.19. The average molecular weight is 373 g/mol. The lowest BCUT2D eigenvalue weighted by Crippen LogP contribution is -2.30. The molecular weight excluding hydrogens is 346 g/mol. The smallest absolute Gasteiger partial charge is 0.224 e. The van der Waals surface area contributed by atoms with Gasteiger partial charge in [-0.3, -0.25) is 19.4 Å². The number of β-amino-alcohol motifs (C(OH)–C–C–N with tert-alkyl or cyclic N) is 1. The zero-order chi connectivity index (χ0) is 19.7. The van der Waals surface area contributed by atoms with Crippen LogP contribution in [0, 0.1) is 26.7 Å². The second kappa shape index (κ2) is 7.64. The maximum Gasteiger partial charge on any atom is 0.224 e. The van der Waals surface area contributed by atoms with E-state index in [-0.39, 0.29) is 17.6 Å². The molecule has 2 atom stereocenters. The summed E-state index contributed by atoms with van der Waals surface area (Å²) >= 11 is 0. The van der Waals surface area contributed by atoms with Crippen molar-refractivity contribution in [2.75, 3.05) is 13.1 Å². The van der Waals surface area contributed by atoms with Crippen molar-refractivity contribution in [3.05, 3.63) is 34.4 Å². The Morgan fingerprint density at radius 2 is 2.04 bits per heavy atom. The molecule has 146 valence electrons. The van der Waals surface area contributed by atoms with Crippen molar-refractivity contribution in [1.82, 2.24) is 24.9 Å². The number of aromatic nitrogens is 4. The van der Waals surface area contributed by atoms with Crippen molar-refractivity contribution in [1.29, 1.82) is 0 Å². The summed E-state index contributed by atoms with van der Waals surface area (Å²) in [5.41, 5.74) is 4.01. The number of hydrogen-bond acceptors (Lipinski definition) is 5. The molecule has 8 heteroatoms. The second-order valence-electron chi connectivity index (χ2n) is 7.45. The number of aromatic amines is 1. The van der Waals surface area contributed by atoms with E-state index in [1.165, 1.54) is 6.92 Å². The number of amides is 1. The number of nitrogens with one attached hydrogen (secondary N) is 1. The molecule has 0 aliphatic carbocycles. The van der Waals surface area contributed by atoms with Crippen LogP contribution in [0.15, 0.2) is 6.07 Å². The van der Waals surface area contributed by atoms with Crippen molar-refractivity contribution in [2.45, 2.75) is 53.2 Å². The predicted molar refractivity (Wildman–Crippen MR) is 99.4 cm³/mol. The number of aryl methyl sites for hydroxylation is 3. The topological polar surface area (TPSA) is 104 Å². The molecule has 1 aliphatic rings. The van der Waals surface area contributed by atoms with Crippen LogP contribution in [0.4, 0.5) is 0 Å². The Balaban J connectivity index is 1.57. The molecule has 0 unspecified atom stereocenters. The van der Waals surface area contributed by atoms with Gasteiger partial charge in [0.2, 0.25) is 5.91 Å². The Bertz CT molecular complexity index is 854. The van der Waals surface area contributed by atoms with Crippen LogP contribution in [-0.4, -0.2) is 60.9 Å². The summed E-state index contributed by atoms with van der Waals surface area (Å²) < 4.78 is 1.72. The van der Waals surface area contributed by atoms with Crippen LogP contribution in [-0.2, 0) is 17.8 Å². The molecule has 2 aromatic rings.